The first-order valence-corrected chi connectivity index (χ1v) is 6.76. The normalized spacial score (nSPS) is 18.3. The van der Waals surface area contributed by atoms with Crippen molar-refractivity contribution in [1.82, 2.24) is 10.7 Å². The molecule has 0 radical (unpaired) electrons. The Kier molecular flexibility index (Phi) is 5.14. The van der Waals surface area contributed by atoms with E-state index in [2.05, 4.69) is 15.8 Å². The molecule has 4 N–H and O–H groups in total. The predicted octanol–water partition coefficient (Wildman–Crippen LogP) is 1.07. The Hall–Kier alpha value is -1.86. The van der Waals surface area contributed by atoms with Crippen LogP contribution in [-0.2, 0) is 4.74 Å². The molecule has 0 saturated carbocycles. The highest BCUT2D eigenvalue weighted by Crippen LogP contribution is 2.20. The molecule has 0 aromatic heterocycles. The van der Waals surface area contributed by atoms with E-state index in [1.54, 1.807) is 6.07 Å². The highest BCUT2D eigenvalue weighted by molar-refractivity contribution is 7.80. The number of ether oxygens (including phenoxy) is 1. The van der Waals surface area contributed by atoms with Crippen LogP contribution < -0.4 is 10.7 Å². The molecule has 1 aliphatic heterocycles. The molecule has 0 aliphatic carbocycles. The minimum Gasteiger partial charge on any atom is -0.508 e. The van der Waals surface area contributed by atoms with E-state index < -0.39 is 0 Å². The summed E-state index contributed by atoms with van der Waals surface area (Å²) in [4.78, 5) is 0. The molecular formula is C13H17N3O3S. The molecule has 2 rings (SSSR count). The Bertz CT molecular complexity index is 502. The smallest absolute Gasteiger partial charge is 0.187 e. The third kappa shape index (κ3) is 4.36. The van der Waals surface area contributed by atoms with Crippen molar-refractivity contribution in [2.75, 3.05) is 13.2 Å². The fraction of sp³-hybridized carbons (Fsp3) is 0.385. The molecule has 1 fully saturated rings. The SMILES string of the molecule is Oc1ccc(/C=N/NC(=S)NC[C@H]2CCCO2)c(O)c1. The Morgan fingerprint density at radius 1 is 1.50 bits per heavy atom. The molecule has 1 atom stereocenters. The average Bonchev–Trinajstić information content (AvgIpc) is 2.92. The number of aromatic hydroxyl groups is 2. The number of nitrogens with zero attached hydrogens (tertiary/aromatic N) is 1. The highest BCUT2D eigenvalue weighted by Gasteiger charge is 2.14. The highest BCUT2D eigenvalue weighted by atomic mass is 32.1. The maximum absolute atomic E-state index is 9.56. The second-order valence-electron chi connectivity index (χ2n) is 4.46. The van der Waals surface area contributed by atoms with Crippen LogP contribution in [0.4, 0.5) is 0 Å². The molecule has 1 saturated heterocycles. The zero-order chi connectivity index (χ0) is 14.4. The second-order valence-corrected chi connectivity index (χ2v) is 4.87. The van der Waals surface area contributed by atoms with E-state index in [0.717, 1.165) is 19.4 Å². The van der Waals surface area contributed by atoms with Crippen molar-refractivity contribution >= 4 is 23.5 Å². The summed E-state index contributed by atoms with van der Waals surface area (Å²) < 4.78 is 5.46. The van der Waals surface area contributed by atoms with E-state index in [4.69, 9.17) is 22.1 Å². The van der Waals surface area contributed by atoms with Crippen molar-refractivity contribution in [3.8, 4) is 11.5 Å². The lowest BCUT2D eigenvalue weighted by molar-refractivity contribution is 0.114. The van der Waals surface area contributed by atoms with Gasteiger partial charge in [-0.1, -0.05) is 0 Å². The molecule has 1 aromatic rings. The number of benzene rings is 1. The quantitative estimate of drug-likeness (QED) is 0.378. The van der Waals surface area contributed by atoms with Crippen LogP contribution in [0.15, 0.2) is 23.3 Å². The maximum Gasteiger partial charge on any atom is 0.187 e. The summed E-state index contributed by atoms with van der Waals surface area (Å²) in [6.07, 6.45) is 3.76. The van der Waals surface area contributed by atoms with Gasteiger partial charge in [0.1, 0.15) is 11.5 Å². The maximum atomic E-state index is 9.56. The summed E-state index contributed by atoms with van der Waals surface area (Å²) >= 11 is 5.06. The minimum atomic E-state index is -0.0474. The first-order chi connectivity index (χ1) is 9.65. The van der Waals surface area contributed by atoms with Crippen LogP contribution in [0.25, 0.3) is 0 Å². The summed E-state index contributed by atoms with van der Waals surface area (Å²) in [5.41, 5.74) is 3.14. The lowest BCUT2D eigenvalue weighted by Gasteiger charge is -2.11. The van der Waals surface area contributed by atoms with Crippen molar-refractivity contribution in [3.05, 3.63) is 23.8 Å². The third-order valence-corrected chi connectivity index (χ3v) is 3.13. The molecule has 20 heavy (non-hydrogen) atoms. The van der Waals surface area contributed by atoms with Gasteiger partial charge in [0.15, 0.2) is 5.11 Å². The summed E-state index contributed by atoms with van der Waals surface area (Å²) in [5.74, 6) is -0.0462. The summed E-state index contributed by atoms with van der Waals surface area (Å²) in [6.45, 7) is 1.47. The molecule has 0 unspecified atom stereocenters. The molecule has 1 heterocycles. The molecule has 108 valence electrons. The van der Waals surface area contributed by atoms with Crippen molar-refractivity contribution < 1.29 is 14.9 Å². The van der Waals surface area contributed by atoms with Crippen LogP contribution in [-0.4, -0.2) is 40.8 Å². The van der Waals surface area contributed by atoms with E-state index in [9.17, 15) is 5.11 Å². The van der Waals surface area contributed by atoms with Gasteiger partial charge in [-0.05, 0) is 37.2 Å². The zero-order valence-electron chi connectivity index (χ0n) is 10.9. The number of phenols is 2. The van der Waals surface area contributed by atoms with Gasteiger partial charge in [0.2, 0.25) is 0 Å². The van der Waals surface area contributed by atoms with Crippen LogP contribution in [0.3, 0.4) is 0 Å². The summed E-state index contributed by atoms with van der Waals surface area (Å²) in [5, 5.41) is 26.0. The number of thiocarbonyl (C=S) groups is 1. The molecule has 0 bridgehead atoms. The lowest BCUT2D eigenvalue weighted by atomic mass is 10.2. The largest absolute Gasteiger partial charge is 0.508 e. The number of hydrogen-bond acceptors (Lipinski definition) is 5. The topological polar surface area (TPSA) is 86.1 Å². The Labute approximate surface area is 122 Å². The van der Waals surface area contributed by atoms with Gasteiger partial charge in [-0.15, -0.1) is 0 Å². The van der Waals surface area contributed by atoms with Gasteiger partial charge in [0.05, 0.1) is 12.3 Å². The van der Waals surface area contributed by atoms with Gasteiger partial charge >= 0.3 is 0 Å². The third-order valence-electron chi connectivity index (χ3n) is 2.90. The van der Waals surface area contributed by atoms with E-state index in [-0.39, 0.29) is 17.6 Å². The van der Waals surface area contributed by atoms with Gasteiger partial charge in [0.25, 0.3) is 0 Å². The van der Waals surface area contributed by atoms with Crippen LogP contribution in [0, 0.1) is 0 Å². The molecule has 6 nitrogen and oxygen atoms in total. The summed E-state index contributed by atoms with van der Waals surface area (Å²) in [7, 11) is 0. The standard InChI is InChI=1S/C13H17N3O3S/c17-10-4-3-9(12(18)6-10)7-15-16-13(20)14-8-11-2-1-5-19-11/h3-4,6-7,11,17-18H,1-2,5,8H2,(H2,14,16,20)/b15-7+/t11-/m1/s1. The first-order valence-electron chi connectivity index (χ1n) is 6.35. The fourth-order valence-electron chi connectivity index (χ4n) is 1.85. The molecular weight excluding hydrogens is 278 g/mol. The van der Waals surface area contributed by atoms with Gasteiger partial charge in [-0.25, -0.2) is 0 Å². The number of rotatable bonds is 4. The zero-order valence-corrected chi connectivity index (χ0v) is 11.7. The van der Waals surface area contributed by atoms with E-state index in [1.165, 1.54) is 18.3 Å². The number of nitrogens with one attached hydrogen (secondary N) is 2. The van der Waals surface area contributed by atoms with Gasteiger partial charge in [-0.3, -0.25) is 5.43 Å². The number of hydrazone groups is 1. The second kappa shape index (κ2) is 7.06. The van der Waals surface area contributed by atoms with E-state index in [1.807, 2.05) is 0 Å². The number of phenolic OH excluding ortho intramolecular Hbond substituents is 2. The van der Waals surface area contributed by atoms with Gasteiger partial charge in [-0.2, -0.15) is 5.10 Å². The molecule has 1 aliphatic rings. The van der Waals surface area contributed by atoms with E-state index >= 15 is 0 Å². The Morgan fingerprint density at radius 2 is 2.35 bits per heavy atom. The van der Waals surface area contributed by atoms with Crippen LogP contribution in [0.2, 0.25) is 0 Å². The first kappa shape index (κ1) is 14.5. The monoisotopic (exact) mass is 295 g/mol. The molecule has 0 spiro atoms. The van der Waals surface area contributed by atoms with Crippen LogP contribution >= 0.6 is 12.2 Å². The van der Waals surface area contributed by atoms with Crippen LogP contribution in [0.5, 0.6) is 11.5 Å². The Morgan fingerprint density at radius 3 is 3.05 bits per heavy atom. The summed E-state index contributed by atoms with van der Waals surface area (Å²) in [6, 6.07) is 4.27. The van der Waals surface area contributed by atoms with Gasteiger partial charge < -0.3 is 20.3 Å². The lowest BCUT2D eigenvalue weighted by Crippen LogP contribution is -2.37. The molecule has 0 amide bonds. The number of hydrogen-bond donors (Lipinski definition) is 4. The fourth-order valence-corrected chi connectivity index (χ4v) is 1.99. The Balaban J connectivity index is 1.75. The minimum absolute atomic E-state index is 0.00126. The van der Waals surface area contributed by atoms with Crippen LogP contribution in [0.1, 0.15) is 18.4 Å². The van der Waals surface area contributed by atoms with Crippen molar-refractivity contribution in [3.63, 3.8) is 0 Å². The average molecular weight is 295 g/mol. The van der Waals surface area contributed by atoms with Crippen molar-refractivity contribution in [2.45, 2.75) is 18.9 Å². The van der Waals surface area contributed by atoms with Crippen molar-refractivity contribution in [2.24, 2.45) is 5.10 Å². The van der Waals surface area contributed by atoms with E-state index in [0.29, 0.717) is 17.2 Å². The van der Waals surface area contributed by atoms with Crippen molar-refractivity contribution in [1.29, 1.82) is 0 Å². The molecule has 7 heteroatoms. The molecule has 1 aromatic carbocycles. The van der Waals surface area contributed by atoms with Gasteiger partial charge in [0, 0.05) is 24.8 Å². The predicted molar refractivity (Wildman–Crippen MR) is 80.1 cm³/mol.